The lowest BCUT2D eigenvalue weighted by Crippen LogP contribution is -2.39. The summed E-state index contributed by atoms with van der Waals surface area (Å²) < 4.78 is 5.34. The van der Waals surface area contributed by atoms with E-state index in [2.05, 4.69) is 31.2 Å². The first kappa shape index (κ1) is 12.0. The average Bonchev–Trinajstić information content (AvgIpc) is 2.64. The molecule has 1 rings (SSSR count). The largest absolute Gasteiger partial charge is 0.381 e. The zero-order valence-electron chi connectivity index (χ0n) is 9.75. The van der Waals surface area contributed by atoms with Crippen LogP contribution in [0.5, 0.6) is 0 Å². The first-order valence-corrected chi connectivity index (χ1v) is 5.69. The number of likely N-dealkylation sites (N-methyl/N-ethyl adjacent to an activating group) is 1. The summed E-state index contributed by atoms with van der Waals surface area (Å²) in [6.45, 7) is 6.36. The summed E-state index contributed by atoms with van der Waals surface area (Å²) >= 11 is 0. The van der Waals surface area contributed by atoms with Crippen LogP contribution in [0.15, 0.2) is 0 Å². The number of hydrogen-bond donors (Lipinski definition) is 1. The molecule has 1 N–H and O–H groups in total. The van der Waals surface area contributed by atoms with Gasteiger partial charge in [0.25, 0.3) is 0 Å². The third kappa shape index (κ3) is 3.95. The third-order valence-electron chi connectivity index (χ3n) is 3.04. The van der Waals surface area contributed by atoms with Crippen molar-refractivity contribution in [2.24, 2.45) is 5.92 Å². The van der Waals surface area contributed by atoms with Crippen molar-refractivity contribution in [3.63, 3.8) is 0 Å². The van der Waals surface area contributed by atoms with Crippen molar-refractivity contribution >= 4 is 0 Å². The van der Waals surface area contributed by atoms with Gasteiger partial charge in [0, 0.05) is 25.7 Å². The first-order valence-electron chi connectivity index (χ1n) is 5.69. The van der Waals surface area contributed by atoms with Crippen molar-refractivity contribution in [3.8, 4) is 0 Å². The molecule has 0 amide bonds. The summed E-state index contributed by atoms with van der Waals surface area (Å²) in [5.41, 5.74) is 0. The number of hydrogen-bond acceptors (Lipinski definition) is 3. The predicted octanol–water partition coefficient (Wildman–Crippen LogP) is 0.953. The highest BCUT2D eigenvalue weighted by Crippen LogP contribution is 2.10. The summed E-state index contributed by atoms with van der Waals surface area (Å²) in [6.07, 6.45) is 2.44. The number of rotatable bonds is 6. The molecular formula is C11H24N2O. The zero-order valence-corrected chi connectivity index (χ0v) is 9.75. The predicted molar refractivity (Wildman–Crippen MR) is 59.6 cm³/mol. The number of nitrogens with one attached hydrogen (secondary N) is 1. The average molecular weight is 200 g/mol. The Balaban J connectivity index is 2.06. The van der Waals surface area contributed by atoms with E-state index in [1.54, 1.807) is 0 Å². The molecule has 0 radical (unpaired) electrons. The van der Waals surface area contributed by atoms with Crippen molar-refractivity contribution in [2.75, 3.05) is 40.4 Å². The highest BCUT2D eigenvalue weighted by atomic mass is 16.5. The Morgan fingerprint density at radius 1 is 1.50 bits per heavy atom. The van der Waals surface area contributed by atoms with E-state index in [1.807, 2.05) is 0 Å². The lowest BCUT2D eigenvalue weighted by molar-refractivity contribution is 0.184. The SMILES string of the molecule is CCC(CNCC1CCOC1)N(C)C. The summed E-state index contributed by atoms with van der Waals surface area (Å²) in [6, 6.07) is 0.664. The first-order chi connectivity index (χ1) is 6.74. The minimum Gasteiger partial charge on any atom is -0.381 e. The van der Waals surface area contributed by atoms with Gasteiger partial charge in [0.2, 0.25) is 0 Å². The zero-order chi connectivity index (χ0) is 10.4. The van der Waals surface area contributed by atoms with Gasteiger partial charge >= 0.3 is 0 Å². The maximum Gasteiger partial charge on any atom is 0.0507 e. The van der Waals surface area contributed by atoms with Crippen LogP contribution in [-0.2, 0) is 4.74 Å². The molecule has 2 atom stereocenters. The number of ether oxygens (including phenoxy) is 1. The molecule has 0 spiro atoms. The summed E-state index contributed by atoms with van der Waals surface area (Å²) in [4.78, 5) is 2.29. The third-order valence-corrected chi connectivity index (χ3v) is 3.04. The topological polar surface area (TPSA) is 24.5 Å². The fraction of sp³-hybridized carbons (Fsp3) is 1.00. The van der Waals surface area contributed by atoms with Crippen LogP contribution in [0.4, 0.5) is 0 Å². The van der Waals surface area contributed by atoms with E-state index in [4.69, 9.17) is 4.74 Å². The van der Waals surface area contributed by atoms with Crippen LogP contribution in [-0.4, -0.2) is 51.3 Å². The second-order valence-corrected chi connectivity index (χ2v) is 4.41. The quantitative estimate of drug-likeness (QED) is 0.691. The standard InChI is InChI=1S/C11H24N2O/c1-4-11(13(2)3)8-12-7-10-5-6-14-9-10/h10-12H,4-9H2,1-3H3. The van der Waals surface area contributed by atoms with E-state index in [9.17, 15) is 0 Å². The van der Waals surface area contributed by atoms with E-state index in [1.165, 1.54) is 12.8 Å². The molecule has 14 heavy (non-hydrogen) atoms. The van der Waals surface area contributed by atoms with Gasteiger partial charge in [-0.3, -0.25) is 0 Å². The van der Waals surface area contributed by atoms with Crippen LogP contribution in [0, 0.1) is 5.92 Å². The molecule has 0 aromatic heterocycles. The Bertz CT molecular complexity index is 144. The molecule has 0 aromatic carbocycles. The van der Waals surface area contributed by atoms with Crippen LogP contribution >= 0.6 is 0 Å². The van der Waals surface area contributed by atoms with Crippen LogP contribution in [0.3, 0.4) is 0 Å². The molecule has 1 aliphatic heterocycles. The van der Waals surface area contributed by atoms with Crippen LogP contribution in [0.1, 0.15) is 19.8 Å². The Morgan fingerprint density at radius 3 is 2.79 bits per heavy atom. The van der Waals surface area contributed by atoms with E-state index >= 15 is 0 Å². The van der Waals surface area contributed by atoms with Crippen LogP contribution in [0.2, 0.25) is 0 Å². The highest BCUT2D eigenvalue weighted by molar-refractivity contribution is 4.71. The van der Waals surface area contributed by atoms with Crippen LogP contribution in [0.25, 0.3) is 0 Å². The number of nitrogens with zero attached hydrogens (tertiary/aromatic N) is 1. The molecule has 0 bridgehead atoms. The van der Waals surface area contributed by atoms with Gasteiger partial charge in [0.15, 0.2) is 0 Å². The molecule has 0 aromatic rings. The maximum atomic E-state index is 5.34. The summed E-state index contributed by atoms with van der Waals surface area (Å²) in [5.74, 6) is 0.745. The normalized spacial score (nSPS) is 24.4. The summed E-state index contributed by atoms with van der Waals surface area (Å²) in [5, 5.41) is 3.54. The van der Waals surface area contributed by atoms with Gasteiger partial charge in [-0.25, -0.2) is 0 Å². The maximum absolute atomic E-state index is 5.34. The molecule has 3 heteroatoms. The minimum atomic E-state index is 0.664. The molecule has 1 aliphatic rings. The van der Waals surface area contributed by atoms with E-state index < -0.39 is 0 Å². The minimum absolute atomic E-state index is 0.664. The van der Waals surface area contributed by atoms with Crippen molar-refractivity contribution in [2.45, 2.75) is 25.8 Å². The van der Waals surface area contributed by atoms with Gasteiger partial charge in [0.1, 0.15) is 0 Å². The van der Waals surface area contributed by atoms with Gasteiger partial charge in [-0.15, -0.1) is 0 Å². The molecular weight excluding hydrogens is 176 g/mol. The van der Waals surface area contributed by atoms with E-state index in [-0.39, 0.29) is 0 Å². The van der Waals surface area contributed by atoms with Gasteiger partial charge in [-0.1, -0.05) is 6.92 Å². The molecule has 3 nitrogen and oxygen atoms in total. The van der Waals surface area contributed by atoms with Crippen molar-refractivity contribution in [3.05, 3.63) is 0 Å². The second kappa shape index (κ2) is 6.38. The highest BCUT2D eigenvalue weighted by Gasteiger charge is 2.15. The van der Waals surface area contributed by atoms with Crippen molar-refractivity contribution < 1.29 is 4.74 Å². The van der Waals surface area contributed by atoms with Gasteiger partial charge in [-0.2, -0.15) is 0 Å². The smallest absolute Gasteiger partial charge is 0.0507 e. The molecule has 0 aliphatic carbocycles. The molecule has 1 saturated heterocycles. The Morgan fingerprint density at radius 2 is 2.29 bits per heavy atom. The molecule has 2 unspecified atom stereocenters. The van der Waals surface area contributed by atoms with Crippen LogP contribution < -0.4 is 5.32 Å². The lowest BCUT2D eigenvalue weighted by Gasteiger charge is -2.23. The van der Waals surface area contributed by atoms with Crippen molar-refractivity contribution in [1.82, 2.24) is 10.2 Å². The van der Waals surface area contributed by atoms with E-state index in [0.717, 1.165) is 32.2 Å². The molecule has 0 saturated carbocycles. The summed E-state index contributed by atoms with van der Waals surface area (Å²) in [7, 11) is 4.29. The van der Waals surface area contributed by atoms with E-state index in [0.29, 0.717) is 6.04 Å². The Hall–Kier alpha value is -0.120. The van der Waals surface area contributed by atoms with Gasteiger partial charge in [-0.05, 0) is 32.9 Å². The molecule has 84 valence electrons. The fourth-order valence-electron chi connectivity index (χ4n) is 1.89. The van der Waals surface area contributed by atoms with Crippen molar-refractivity contribution in [1.29, 1.82) is 0 Å². The Kier molecular flexibility index (Phi) is 5.45. The Labute approximate surface area is 87.8 Å². The van der Waals surface area contributed by atoms with Gasteiger partial charge in [0.05, 0.1) is 6.61 Å². The monoisotopic (exact) mass is 200 g/mol. The molecule has 1 heterocycles. The fourth-order valence-corrected chi connectivity index (χ4v) is 1.89. The van der Waals surface area contributed by atoms with Gasteiger partial charge < -0.3 is 15.0 Å². The molecule has 1 fully saturated rings. The lowest BCUT2D eigenvalue weighted by atomic mass is 10.1. The second-order valence-electron chi connectivity index (χ2n) is 4.41.